The summed E-state index contributed by atoms with van der Waals surface area (Å²) < 4.78 is 0. The number of halogens is 1. The minimum Gasteiger partial charge on any atom is -0.300 e. The Morgan fingerprint density at radius 1 is 1.42 bits per heavy atom. The van der Waals surface area contributed by atoms with Gasteiger partial charge in [-0.1, -0.05) is 29.8 Å². The number of hydrogen-bond acceptors (Lipinski definition) is 1. The van der Waals surface area contributed by atoms with Crippen LogP contribution in [0.5, 0.6) is 0 Å². The van der Waals surface area contributed by atoms with Crippen molar-refractivity contribution in [2.45, 2.75) is 39.2 Å². The monoisotopic (exact) mass is 233 g/mol. The van der Waals surface area contributed by atoms with Crippen molar-refractivity contribution in [3.63, 3.8) is 0 Å². The Hall–Kier alpha value is 0.440. The van der Waals surface area contributed by atoms with E-state index < -0.39 is 0 Å². The lowest BCUT2D eigenvalue weighted by Crippen LogP contribution is -2.31. The molecule has 0 aromatic rings. The van der Waals surface area contributed by atoms with Gasteiger partial charge in [0.1, 0.15) is 0 Å². The summed E-state index contributed by atoms with van der Waals surface area (Å²) in [6.07, 6.45) is 4.17. The SMILES string of the molecule is CC(C)CN(CCCBr)C1CC1. The van der Waals surface area contributed by atoms with Gasteiger partial charge in [0.15, 0.2) is 0 Å². The zero-order valence-electron chi connectivity index (χ0n) is 8.22. The van der Waals surface area contributed by atoms with E-state index in [0.717, 1.165) is 17.3 Å². The van der Waals surface area contributed by atoms with Gasteiger partial charge in [-0.05, 0) is 31.7 Å². The largest absolute Gasteiger partial charge is 0.300 e. The molecule has 0 N–H and O–H groups in total. The Balaban J connectivity index is 2.18. The second-order valence-corrected chi connectivity index (χ2v) is 4.96. The summed E-state index contributed by atoms with van der Waals surface area (Å²) in [5, 5.41) is 1.15. The second kappa shape index (κ2) is 5.23. The molecule has 0 aromatic carbocycles. The molecule has 0 heterocycles. The van der Waals surface area contributed by atoms with Crippen LogP contribution in [0, 0.1) is 5.92 Å². The van der Waals surface area contributed by atoms with Crippen molar-refractivity contribution in [1.82, 2.24) is 4.90 Å². The number of alkyl halides is 1. The molecule has 0 amide bonds. The highest BCUT2D eigenvalue weighted by atomic mass is 79.9. The normalized spacial score (nSPS) is 17.8. The molecule has 0 unspecified atom stereocenters. The minimum absolute atomic E-state index is 0.820. The van der Waals surface area contributed by atoms with Gasteiger partial charge in [0.05, 0.1) is 0 Å². The zero-order valence-corrected chi connectivity index (χ0v) is 9.81. The van der Waals surface area contributed by atoms with Crippen molar-refractivity contribution in [3.05, 3.63) is 0 Å². The quantitative estimate of drug-likeness (QED) is 0.639. The van der Waals surface area contributed by atoms with Gasteiger partial charge in [-0.15, -0.1) is 0 Å². The first-order chi connectivity index (χ1) is 5.74. The van der Waals surface area contributed by atoms with Crippen LogP contribution in [0.4, 0.5) is 0 Å². The van der Waals surface area contributed by atoms with Crippen LogP contribution in [0.2, 0.25) is 0 Å². The summed E-state index contributed by atoms with van der Waals surface area (Å²) in [7, 11) is 0. The Bertz CT molecular complexity index is 121. The van der Waals surface area contributed by atoms with E-state index >= 15 is 0 Å². The molecule has 0 radical (unpaired) electrons. The molecule has 1 aliphatic rings. The average Bonchev–Trinajstić information content (AvgIpc) is 2.79. The van der Waals surface area contributed by atoms with Gasteiger partial charge in [0.2, 0.25) is 0 Å². The Morgan fingerprint density at radius 3 is 2.50 bits per heavy atom. The Labute approximate surface area is 84.6 Å². The number of hydrogen-bond donors (Lipinski definition) is 0. The molecule has 0 spiro atoms. The minimum atomic E-state index is 0.820. The van der Waals surface area contributed by atoms with Gasteiger partial charge in [-0.25, -0.2) is 0 Å². The first kappa shape index (κ1) is 10.5. The van der Waals surface area contributed by atoms with E-state index in [-0.39, 0.29) is 0 Å². The van der Waals surface area contributed by atoms with Crippen molar-refractivity contribution in [2.24, 2.45) is 5.92 Å². The van der Waals surface area contributed by atoms with Gasteiger partial charge < -0.3 is 4.90 Å². The lowest BCUT2D eigenvalue weighted by atomic mass is 10.2. The van der Waals surface area contributed by atoms with E-state index in [2.05, 4.69) is 34.7 Å². The molecule has 0 atom stereocenters. The summed E-state index contributed by atoms with van der Waals surface area (Å²) in [5.74, 6) is 0.820. The van der Waals surface area contributed by atoms with Gasteiger partial charge in [-0.2, -0.15) is 0 Å². The topological polar surface area (TPSA) is 3.24 Å². The highest BCUT2D eigenvalue weighted by molar-refractivity contribution is 9.09. The van der Waals surface area contributed by atoms with E-state index in [9.17, 15) is 0 Å². The van der Waals surface area contributed by atoms with Gasteiger partial charge in [-0.3, -0.25) is 0 Å². The molecule has 1 rings (SSSR count). The van der Waals surface area contributed by atoms with Crippen LogP contribution in [0.15, 0.2) is 0 Å². The molecule has 0 aliphatic heterocycles. The molecule has 0 bridgehead atoms. The van der Waals surface area contributed by atoms with Crippen molar-refractivity contribution in [3.8, 4) is 0 Å². The van der Waals surface area contributed by atoms with Crippen LogP contribution in [0.25, 0.3) is 0 Å². The maximum Gasteiger partial charge on any atom is 0.00965 e. The van der Waals surface area contributed by atoms with Crippen LogP contribution in [-0.4, -0.2) is 29.4 Å². The number of rotatable bonds is 6. The lowest BCUT2D eigenvalue weighted by molar-refractivity contribution is 0.236. The molecule has 72 valence electrons. The molecule has 12 heavy (non-hydrogen) atoms. The van der Waals surface area contributed by atoms with E-state index in [1.807, 2.05) is 0 Å². The van der Waals surface area contributed by atoms with E-state index in [4.69, 9.17) is 0 Å². The standard InChI is InChI=1S/C10H20BrN/c1-9(2)8-12(7-3-6-11)10-4-5-10/h9-10H,3-8H2,1-2H3. The summed E-state index contributed by atoms with van der Waals surface area (Å²) in [6.45, 7) is 7.19. The van der Waals surface area contributed by atoms with E-state index in [1.165, 1.54) is 32.4 Å². The molecule has 1 aliphatic carbocycles. The third kappa shape index (κ3) is 3.90. The molecule has 0 saturated heterocycles. The third-order valence-corrected chi connectivity index (χ3v) is 2.80. The fraction of sp³-hybridized carbons (Fsp3) is 1.00. The van der Waals surface area contributed by atoms with Crippen molar-refractivity contribution in [1.29, 1.82) is 0 Å². The molecule has 1 fully saturated rings. The highest BCUT2D eigenvalue weighted by Gasteiger charge is 2.28. The van der Waals surface area contributed by atoms with Gasteiger partial charge >= 0.3 is 0 Å². The molecular formula is C10H20BrN. The summed E-state index contributed by atoms with van der Waals surface area (Å²) in [5.41, 5.74) is 0. The molecule has 1 nitrogen and oxygen atoms in total. The van der Waals surface area contributed by atoms with Gasteiger partial charge in [0.25, 0.3) is 0 Å². The van der Waals surface area contributed by atoms with E-state index in [1.54, 1.807) is 0 Å². The average molecular weight is 234 g/mol. The summed E-state index contributed by atoms with van der Waals surface area (Å²) in [4.78, 5) is 2.66. The summed E-state index contributed by atoms with van der Waals surface area (Å²) >= 11 is 3.49. The first-order valence-electron chi connectivity index (χ1n) is 5.04. The Kier molecular flexibility index (Phi) is 4.59. The predicted octanol–water partition coefficient (Wildman–Crippen LogP) is 2.89. The number of nitrogens with zero attached hydrogens (tertiary/aromatic N) is 1. The van der Waals surface area contributed by atoms with Crippen molar-refractivity contribution in [2.75, 3.05) is 18.4 Å². The second-order valence-electron chi connectivity index (χ2n) is 4.16. The van der Waals surface area contributed by atoms with Crippen molar-refractivity contribution >= 4 is 15.9 Å². The first-order valence-corrected chi connectivity index (χ1v) is 6.16. The molecule has 2 heteroatoms. The highest BCUT2D eigenvalue weighted by Crippen LogP contribution is 2.27. The van der Waals surface area contributed by atoms with Crippen LogP contribution < -0.4 is 0 Å². The fourth-order valence-corrected chi connectivity index (χ4v) is 1.85. The van der Waals surface area contributed by atoms with Crippen molar-refractivity contribution < 1.29 is 0 Å². The fourth-order valence-electron chi connectivity index (χ4n) is 1.59. The molecule has 0 aromatic heterocycles. The maximum atomic E-state index is 3.49. The smallest absolute Gasteiger partial charge is 0.00965 e. The lowest BCUT2D eigenvalue weighted by Gasteiger charge is -2.23. The van der Waals surface area contributed by atoms with Crippen LogP contribution >= 0.6 is 15.9 Å². The molecular weight excluding hydrogens is 214 g/mol. The predicted molar refractivity (Wildman–Crippen MR) is 57.8 cm³/mol. The summed E-state index contributed by atoms with van der Waals surface area (Å²) in [6, 6.07) is 0.937. The third-order valence-electron chi connectivity index (χ3n) is 2.24. The van der Waals surface area contributed by atoms with Crippen LogP contribution in [0.1, 0.15) is 33.1 Å². The van der Waals surface area contributed by atoms with Crippen LogP contribution in [-0.2, 0) is 0 Å². The Morgan fingerprint density at radius 2 is 2.08 bits per heavy atom. The molecule has 1 saturated carbocycles. The van der Waals surface area contributed by atoms with Crippen LogP contribution in [0.3, 0.4) is 0 Å². The van der Waals surface area contributed by atoms with E-state index in [0.29, 0.717) is 0 Å². The zero-order chi connectivity index (χ0) is 8.97. The van der Waals surface area contributed by atoms with Gasteiger partial charge in [0, 0.05) is 17.9 Å². The maximum absolute atomic E-state index is 3.49.